The predicted octanol–water partition coefficient (Wildman–Crippen LogP) is 2.33. The summed E-state index contributed by atoms with van der Waals surface area (Å²) >= 11 is 0. The Labute approximate surface area is 171 Å². The summed E-state index contributed by atoms with van der Waals surface area (Å²) in [6.45, 7) is 2.92. The molecule has 0 bridgehead atoms. The van der Waals surface area contributed by atoms with E-state index in [2.05, 4.69) is 0 Å². The van der Waals surface area contributed by atoms with E-state index in [-0.39, 0.29) is 25.0 Å². The molecule has 152 valence electrons. The Hall–Kier alpha value is -3.12. The summed E-state index contributed by atoms with van der Waals surface area (Å²) in [7, 11) is 1.71. The lowest BCUT2D eigenvalue weighted by Crippen LogP contribution is -2.36. The Kier molecular flexibility index (Phi) is 6.67. The molecule has 0 atom stereocenters. The number of carbonyl (C=O) groups excluding carboxylic acids is 2. The van der Waals surface area contributed by atoms with Gasteiger partial charge in [0.05, 0.1) is 18.8 Å². The molecular weight excluding hydrogens is 368 g/mol. The van der Waals surface area contributed by atoms with E-state index in [1.54, 1.807) is 36.2 Å². The molecule has 6 nitrogen and oxygen atoms in total. The normalized spacial score (nSPS) is 14.0. The topological polar surface area (TPSA) is 70.1 Å². The van der Waals surface area contributed by atoms with Crippen molar-refractivity contribution >= 4 is 17.4 Å². The van der Waals surface area contributed by atoms with Crippen molar-refractivity contribution in [2.24, 2.45) is 0 Å². The van der Waals surface area contributed by atoms with Gasteiger partial charge in [-0.3, -0.25) is 14.5 Å². The zero-order valence-electron chi connectivity index (χ0n) is 16.8. The fraction of sp³-hybridized carbons (Fsp3) is 0.304. The number of hydrogen-bond acceptors (Lipinski definition) is 5. The van der Waals surface area contributed by atoms with Gasteiger partial charge in [0.1, 0.15) is 11.4 Å². The van der Waals surface area contributed by atoms with Crippen LogP contribution in [-0.2, 0) is 16.0 Å². The molecule has 2 amide bonds. The standard InChI is InChI=1S/C23H26N2O4/c1-3-29-19-11-9-18(10-12-19)20-21(24(2)15-16-26)23(28)25(22(20)27)14-13-17-7-5-4-6-8-17/h4-12,26H,3,13-16H2,1-2H3. The number of hydrogen-bond donors (Lipinski definition) is 1. The van der Waals surface area contributed by atoms with Gasteiger partial charge in [-0.25, -0.2) is 0 Å². The summed E-state index contributed by atoms with van der Waals surface area (Å²) in [5, 5.41) is 9.33. The maximum Gasteiger partial charge on any atom is 0.277 e. The summed E-state index contributed by atoms with van der Waals surface area (Å²) < 4.78 is 5.47. The van der Waals surface area contributed by atoms with Crippen molar-refractivity contribution < 1.29 is 19.4 Å². The number of rotatable bonds is 9. The van der Waals surface area contributed by atoms with Gasteiger partial charge < -0.3 is 14.7 Å². The average molecular weight is 394 g/mol. The van der Waals surface area contributed by atoms with Crippen LogP contribution >= 0.6 is 0 Å². The lowest BCUT2D eigenvalue weighted by atomic mass is 10.0. The van der Waals surface area contributed by atoms with Crippen LogP contribution in [0.4, 0.5) is 0 Å². The van der Waals surface area contributed by atoms with Crippen LogP contribution in [0.5, 0.6) is 5.75 Å². The number of carbonyl (C=O) groups is 2. The van der Waals surface area contributed by atoms with Crippen molar-refractivity contribution in [3.05, 3.63) is 71.4 Å². The number of likely N-dealkylation sites (N-methyl/N-ethyl adjacent to an activating group) is 1. The second-order valence-corrected chi connectivity index (χ2v) is 6.82. The first-order valence-corrected chi connectivity index (χ1v) is 9.76. The summed E-state index contributed by atoms with van der Waals surface area (Å²) in [6.07, 6.45) is 0.589. The van der Waals surface area contributed by atoms with Crippen LogP contribution in [0, 0.1) is 0 Å². The molecule has 1 N–H and O–H groups in total. The highest BCUT2D eigenvalue weighted by Crippen LogP contribution is 2.32. The first-order chi connectivity index (χ1) is 14.1. The van der Waals surface area contributed by atoms with Gasteiger partial charge in [0, 0.05) is 20.1 Å². The van der Waals surface area contributed by atoms with Crippen LogP contribution in [0.15, 0.2) is 60.3 Å². The highest BCUT2D eigenvalue weighted by atomic mass is 16.5. The number of ether oxygens (including phenoxy) is 1. The van der Waals surface area contributed by atoms with Crippen molar-refractivity contribution in [1.29, 1.82) is 0 Å². The van der Waals surface area contributed by atoms with Gasteiger partial charge in [-0.2, -0.15) is 0 Å². The maximum absolute atomic E-state index is 13.2. The van der Waals surface area contributed by atoms with E-state index in [1.807, 2.05) is 37.3 Å². The summed E-state index contributed by atoms with van der Waals surface area (Å²) in [5.41, 5.74) is 2.41. The fourth-order valence-electron chi connectivity index (χ4n) is 3.41. The van der Waals surface area contributed by atoms with E-state index < -0.39 is 0 Å². The van der Waals surface area contributed by atoms with Gasteiger partial charge in [-0.1, -0.05) is 42.5 Å². The number of amides is 2. The van der Waals surface area contributed by atoms with E-state index in [1.165, 1.54) is 4.90 Å². The molecule has 0 saturated carbocycles. The van der Waals surface area contributed by atoms with Crippen molar-refractivity contribution in [3.63, 3.8) is 0 Å². The van der Waals surface area contributed by atoms with E-state index >= 15 is 0 Å². The van der Waals surface area contributed by atoms with E-state index in [0.29, 0.717) is 42.2 Å². The molecule has 6 heteroatoms. The Morgan fingerprint density at radius 3 is 2.31 bits per heavy atom. The second-order valence-electron chi connectivity index (χ2n) is 6.82. The van der Waals surface area contributed by atoms with E-state index in [0.717, 1.165) is 5.56 Å². The van der Waals surface area contributed by atoms with Crippen LogP contribution in [0.25, 0.3) is 5.57 Å². The molecule has 0 radical (unpaired) electrons. The number of benzene rings is 2. The van der Waals surface area contributed by atoms with Gasteiger partial charge in [0.15, 0.2) is 0 Å². The molecule has 0 aromatic heterocycles. The van der Waals surface area contributed by atoms with Crippen molar-refractivity contribution in [2.45, 2.75) is 13.3 Å². The van der Waals surface area contributed by atoms with Crippen LogP contribution in [0.1, 0.15) is 18.1 Å². The van der Waals surface area contributed by atoms with Gasteiger partial charge in [-0.15, -0.1) is 0 Å². The largest absolute Gasteiger partial charge is 0.494 e. The molecular formula is C23H26N2O4. The van der Waals surface area contributed by atoms with Crippen molar-refractivity contribution in [2.75, 3.05) is 33.4 Å². The Morgan fingerprint density at radius 2 is 1.69 bits per heavy atom. The second kappa shape index (κ2) is 9.39. The molecule has 3 rings (SSSR count). The van der Waals surface area contributed by atoms with Crippen LogP contribution in [0.2, 0.25) is 0 Å². The number of imide groups is 1. The minimum absolute atomic E-state index is 0.109. The van der Waals surface area contributed by atoms with Gasteiger partial charge in [0.25, 0.3) is 11.8 Å². The Morgan fingerprint density at radius 1 is 1.00 bits per heavy atom. The molecule has 0 aliphatic carbocycles. The first kappa shape index (κ1) is 20.6. The number of aliphatic hydroxyl groups excluding tert-OH is 1. The third kappa shape index (κ3) is 4.49. The molecule has 1 aliphatic heterocycles. The molecule has 0 fully saturated rings. The van der Waals surface area contributed by atoms with E-state index in [4.69, 9.17) is 4.74 Å². The zero-order chi connectivity index (χ0) is 20.8. The van der Waals surface area contributed by atoms with Gasteiger partial charge in [-0.05, 0) is 36.6 Å². The van der Waals surface area contributed by atoms with Gasteiger partial charge in [0.2, 0.25) is 0 Å². The molecule has 1 aliphatic rings. The number of nitrogens with zero attached hydrogens (tertiary/aromatic N) is 2. The molecule has 2 aromatic rings. The SMILES string of the molecule is CCOc1ccc(C2=C(N(C)CCO)C(=O)N(CCc3ccccc3)C2=O)cc1. The minimum Gasteiger partial charge on any atom is -0.494 e. The minimum atomic E-state index is -0.328. The lowest BCUT2D eigenvalue weighted by Gasteiger charge is -2.20. The first-order valence-electron chi connectivity index (χ1n) is 9.76. The molecule has 0 saturated heterocycles. The fourth-order valence-corrected chi connectivity index (χ4v) is 3.41. The van der Waals surface area contributed by atoms with Crippen molar-refractivity contribution in [3.8, 4) is 5.75 Å². The van der Waals surface area contributed by atoms with Crippen LogP contribution in [-0.4, -0.2) is 60.1 Å². The summed E-state index contributed by atoms with van der Waals surface area (Å²) in [6, 6.07) is 16.9. The van der Waals surface area contributed by atoms with Crippen LogP contribution in [0.3, 0.4) is 0 Å². The van der Waals surface area contributed by atoms with Gasteiger partial charge >= 0.3 is 0 Å². The summed E-state index contributed by atoms with van der Waals surface area (Å²) in [5.74, 6) is 0.0699. The molecule has 2 aromatic carbocycles. The Bertz CT molecular complexity index is 891. The lowest BCUT2D eigenvalue weighted by molar-refractivity contribution is -0.137. The third-order valence-corrected chi connectivity index (χ3v) is 4.88. The van der Waals surface area contributed by atoms with Crippen molar-refractivity contribution in [1.82, 2.24) is 9.80 Å². The average Bonchev–Trinajstić information content (AvgIpc) is 2.98. The maximum atomic E-state index is 13.2. The highest BCUT2D eigenvalue weighted by molar-refractivity contribution is 6.35. The highest BCUT2D eigenvalue weighted by Gasteiger charge is 2.40. The molecule has 0 spiro atoms. The van der Waals surface area contributed by atoms with E-state index in [9.17, 15) is 14.7 Å². The summed E-state index contributed by atoms with van der Waals surface area (Å²) in [4.78, 5) is 29.2. The molecule has 0 unspecified atom stereocenters. The predicted molar refractivity (Wildman–Crippen MR) is 111 cm³/mol. The number of aliphatic hydroxyl groups is 1. The smallest absolute Gasteiger partial charge is 0.277 e. The van der Waals surface area contributed by atoms with Crippen LogP contribution < -0.4 is 4.74 Å². The third-order valence-electron chi connectivity index (χ3n) is 4.88. The molecule has 29 heavy (non-hydrogen) atoms. The quantitative estimate of drug-likeness (QED) is 0.661. The molecule has 1 heterocycles. The Balaban J connectivity index is 1.90. The monoisotopic (exact) mass is 394 g/mol. The zero-order valence-corrected chi connectivity index (χ0v) is 16.8.